The predicted octanol–water partition coefficient (Wildman–Crippen LogP) is 4.19. The number of methoxy groups -OCH3 is 1. The maximum absolute atomic E-state index is 12.6. The fourth-order valence-electron chi connectivity index (χ4n) is 3.28. The first kappa shape index (κ1) is 21.8. The molecule has 0 bridgehead atoms. The molecule has 0 aliphatic carbocycles. The number of ether oxygens (including phenoxy) is 1. The molecule has 168 valence electrons. The molecule has 0 fully saturated rings. The van der Waals surface area contributed by atoms with E-state index in [0.717, 1.165) is 17.0 Å². The minimum absolute atomic E-state index is 0.0216. The van der Waals surface area contributed by atoms with E-state index >= 15 is 0 Å². The van der Waals surface area contributed by atoms with Crippen molar-refractivity contribution in [1.82, 2.24) is 19.9 Å². The summed E-state index contributed by atoms with van der Waals surface area (Å²) in [6, 6.07) is 17.5. The lowest BCUT2D eigenvalue weighted by molar-refractivity contribution is 0.0944. The van der Waals surface area contributed by atoms with Gasteiger partial charge in [0.1, 0.15) is 5.75 Å². The van der Waals surface area contributed by atoms with Crippen molar-refractivity contribution in [1.29, 1.82) is 0 Å². The van der Waals surface area contributed by atoms with Gasteiger partial charge in [0.2, 0.25) is 0 Å². The van der Waals surface area contributed by atoms with E-state index in [4.69, 9.17) is 4.74 Å². The lowest BCUT2D eigenvalue weighted by atomic mass is 10.1. The van der Waals surface area contributed by atoms with Crippen molar-refractivity contribution >= 4 is 29.1 Å². The molecule has 3 amide bonds. The molecule has 0 spiro atoms. The third-order valence-corrected chi connectivity index (χ3v) is 4.77. The summed E-state index contributed by atoms with van der Waals surface area (Å²) in [4.78, 5) is 29.4. The van der Waals surface area contributed by atoms with Gasteiger partial charge in [-0.15, -0.1) is 0 Å². The third-order valence-electron chi connectivity index (χ3n) is 4.77. The number of amides is 3. The smallest absolute Gasteiger partial charge is 0.324 e. The maximum atomic E-state index is 12.6. The highest BCUT2D eigenvalue weighted by molar-refractivity contribution is 6.06. The Labute approximate surface area is 190 Å². The first-order valence-electron chi connectivity index (χ1n) is 10.4. The van der Waals surface area contributed by atoms with Crippen molar-refractivity contribution < 1.29 is 14.3 Å². The van der Waals surface area contributed by atoms with Gasteiger partial charge in [0.15, 0.2) is 11.5 Å². The Morgan fingerprint density at radius 3 is 2.61 bits per heavy atom. The number of imidazole rings is 1. The van der Waals surface area contributed by atoms with E-state index in [2.05, 4.69) is 26.0 Å². The summed E-state index contributed by atoms with van der Waals surface area (Å²) in [7, 11) is 1.61. The number of carbonyl (C=O) groups excluding carboxylic acids is 2. The Kier molecular flexibility index (Phi) is 6.21. The van der Waals surface area contributed by atoms with Crippen LogP contribution in [-0.4, -0.2) is 39.7 Å². The maximum Gasteiger partial charge on any atom is 0.324 e. The van der Waals surface area contributed by atoms with Gasteiger partial charge in [-0.1, -0.05) is 24.3 Å². The van der Waals surface area contributed by atoms with Crippen LogP contribution in [0.2, 0.25) is 0 Å². The molecule has 9 heteroatoms. The molecule has 2 aromatic heterocycles. The highest BCUT2D eigenvalue weighted by atomic mass is 16.5. The van der Waals surface area contributed by atoms with Gasteiger partial charge in [0, 0.05) is 11.6 Å². The molecule has 0 unspecified atom stereocenters. The van der Waals surface area contributed by atoms with Crippen molar-refractivity contribution in [3.05, 3.63) is 72.4 Å². The number of anilines is 2. The fraction of sp³-hybridized carbons (Fsp3) is 0.167. The Morgan fingerprint density at radius 1 is 1.00 bits per heavy atom. The second-order valence-electron chi connectivity index (χ2n) is 7.63. The zero-order valence-corrected chi connectivity index (χ0v) is 18.5. The molecule has 33 heavy (non-hydrogen) atoms. The average Bonchev–Trinajstić information content (AvgIpc) is 3.20. The molecular weight excluding hydrogens is 420 g/mol. The van der Waals surface area contributed by atoms with Crippen LogP contribution in [0.25, 0.3) is 16.9 Å². The number of nitrogens with one attached hydrogen (secondary N) is 3. The zero-order valence-electron chi connectivity index (χ0n) is 18.5. The molecule has 0 radical (unpaired) electrons. The largest absolute Gasteiger partial charge is 0.497 e. The first-order chi connectivity index (χ1) is 15.9. The number of carbonyl (C=O) groups is 2. The number of aromatic nitrogens is 3. The van der Waals surface area contributed by atoms with Crippen molar-refractivity contribution in [3.8, 4) is 17.0 Å². The van der Waals surface area contributed by atoms with Crippen LogP contribution < -0.4 is 20.7 Å². The molecule has 0 saturated carbocycles. The summed E-state index contributed by atoms with van der Waals surface area (Å²) < 4.78 is 6.87. The lowest BCUT2D eigenvalue weighted by Crippen LogP contribution is -2.31. The molecule has 0 saturated heterocycles. The van der Waals surface area contributed by atoms with Crippen LogP contribution in [0.3, 0.4) is 0 Å². The Balaban J connectivity index is 1.50. The number of fused-ring (bicyclic) bond motifs is 1. The minimum Gasteiger partial charge on any atom is -0.497 e. The number of hydrogen-bond donors (Lipinski definition) is 3. The van der Waals surface area contributed by atoms with Crippen LogP contribution in [-0.2, 0) is 0 Å². The summed E-state index contributed by atoms with van der Waals surface area (Å²) in [5.74, 6) is 0.802. The lowest BCUT2D eigenvalue weighted by Gasteiger charge is -2.13. The van der Waals surface area contributed by atoms with Gasteiger partial charge in [0.25, 0.3) is 5.91 Å². The van der Waals surface area contributed by atoms with Crippen LogP contribution in [0.5, 0.6) is 5.75 Å². The highest BCUT2D eigenvalue weighted by Gasteiger charge is 2.15. The van der Waals surface area contributed by atoms with Gasteiger partial charge in [0.05, 0.1) is 30.3 Å². The number of benzene rings is 2. The molecular formula is C24H24N6O3. The van der Waals surface area contributed by atoms with Gasteiger partial charge in [-0.2, -0.15) is 5.10 Å². The van der Waals surface area contributed by atoms with Crippen molar-refractivity contribution in [2.24, 2.45) is 0 Å². The summed E-state index contributed by atoms with van der Waals surface area (Å²) in [6.07, 6.45) is 1.62. The number of urea groups is 1. The van der Waals surface area contributed by atoms with Gasteiger partial charge in [-0.05, 0) is 50.2 Å². The quantitative estimate of drug-likeness (QED) is 0.413. The van der Waals surface area contributed by atoms with Gasteiger partial charge < -0.3 is 15.4 Å². The molecule has 9 nitrogen and oxygen atoms in total. The number of nitrogens with zero attached hydrogens (tertiary/aromatic N) is 3. The van der Waals surface area contributed by atoms with Crippen LogP contribution in [0.4, 0.5) is 16.3 Å². The van der Waals surface area contributed by atoms with Crippen LogP contribution in [0.15, 0.2) is 66.9 Å². The third kappa shape index (κ3) is 5.09. The van der Waals surface area contributed by atoms with Crippen molar-refractivity contribution in [3.63, 3.8) is 0 Å². The van der Waals surface area contributed by atoms with Crippen molar-refractivity contribution in [2.75, 3.05) is 17.7 Å². The number of hydrogen-bond acceptors (Lipinski definition) is 5. The zero-order chi connectivity index (χ0) is 23.4. The second-order valence-corrected chi connectivity index (χ2v) is 7.63. The molecule has 0 aliphatic heterocycles. The summed E-state index contributed by atoms with van der Waals surface area (Å²) in [5, 5.41) is 12.8. The van der Waals surface area contributed by atoms with E-state index in [9.17, 15) is 9.59 Å². The number of para-hydroxylation sites is 1. The van der Waals surface area contributed by atoms with Crippen molar-refractivity contribution in [2.45, 2.75) is 19.9 Å². The Bertz CT molecular complexity index is 1310. The van der Waals surface area contributed by atoms with E-state index < -0.39 is 6.03 Å². The highest BCUT2D eigenvalue weighted by Crippen LogP contribution is 2.23. The standard InChI is InChI=1S/C24H24N6O3/c1-15(2)25-23(31)18-9-4-5-10-20(18)26-24(32)28-21-14-30-22(27-21)12-11-19(29-30)16-7-6-8-17(13-16)33-3/h4-15H,1-3H3,(H,25,31)(H2,26,28,32). The molecule has 2 heterocycles. The normalized spacial score (nSPS) is 10.8. The van der Waals surface area contributed by atoms with Crippen LogP contribution >= 0.6 is 0 Å². The van der Waals surface area contributed by atoms with E-state index in [1.165, 1.54) is 0 Å². The Hall–Kier alpha value is -4.40. The molecule has 0 aliphatic rings. The second kappa shape index (κ2) is 9.39. The summed E-state index contributed by atoms with van der Waals surface area (Å²) >= 11 is 0. The summed E-state index contributed by atoms with van der Waals surface area (Å²) in [6.45, 7) is 3.75. The molecule has 0 atom stereocenters. The predicted molar refractivity (Wildman–Crippen MR) is 127 cm³/mol. The van der Waals surface area contributed by atoms with E-state index in [0.29, 0.717) is 22.7 Å². The molecule has 2 aromatic carbocycles. The first-order valence-corrected chi connectivity index (χ1v) is 10.4. The minimum atomic E-state index is -0.517. The average molecular weight is 444 g/mol. The number of rotatable bonds is 6. The Morgan fingerprint density at radius 2 is 1.82 bits per heavy atom. The molecule has 4 aromatic rings. The van der Waals surface area contributed by atoms with Crippen LogP contribution in [0.1, 0.15) is 24.2 Å². The van der Waals surface area contributed by atoms with Gasteiger partial charge in [-0.25, -0.2) is 14.3 Å². The van der Waals surface area contributed by atoms with E-state index in [-0.39, 0.29) is 11.9 Å². The fourth-order valence-corrected chi connectivity index (χ4v) is 3.28. The monoisotopic (exact) mass is 444 g/mol. The SMILES string of the molecule is COc1cccc(-c2ccc3nc(NC(=O)Nc4ccccc4C(=O)NC(C)C)cn3n2)c1. The van der Waals surface area contributed by atoms with E-state index in [1.807, 2.05) is 50.2 Å². The van der Waals surface area contributed by atoms with E-state index in [1.54, 1.807) is 42.1 Å². The van der Waals surface area contributed by atoms with Crippen LogP contribution in [0, 0.1) is 0 Å². The molecule has 3 N–H and O–H groups in total. The topological polar surface area (TPSA) is 110 Å². The summed E-state index contributed by atoms with van der Waals surface area (Å²) in [5.41, 5.74) is 2.98. The van der Waals surface area contributed by atoms with Gasteiger partial charge in [-0.3, -0.25) is 10.1 Å². The molecule has 4 rings (SSSR count). The van der Waals surface area contributed by atoms with Gasteiger partial charge >= 0.3 is 6.03 Å².